The summed E-state index contributed by atoms with van der Waals surface area (Å²) in [6, 6.07) is 8.55. The minimum atomic E-state index is 0.221. The molecule has 0 aromatic carbocycles. The van der Waals surface area contributed by atoms with Gasteiger partial charge in [-0.15, -0.1) is 22.7 Å². The molecule has 0 aliphatic rings. The normalized spacial score (nSPS) is 12.7. The van der Waals surface area contributed by atoms with Crippen molar-refractivity contribution in [2.45, 2.75) is 12.5 Å². The molecule has 110 valence electrons. The average molecular weight is 338 g/mol. The number of rotatable bonds is 6. The summed E-state index contributed by atoms with van der Waals surface area (Å²) in [4.78, 5) is 2.58. The summed E-state index contributed by atoms with van der Waals surface area (Å²) in [5, 5.41) is 9.95. The quantitative estimate of drug-likeness (QED) is 0.733. The first kappa shape index (κ1) is 14.8. The Labute approximate surface area is 137 Å². The van der Waals surface area contributed by atoms with Crippen LogP contribution < -0.4 is 5.32 Å². The van der Waals surface area contributed by atoms with Crippen LogP contribution in [0.15, 0.2) is 42.0 Å². The maximum absolute atomic E-state index is 6.08. The number of aromatic nitrogens is 2. The Balaban J connectivity index is 1.68. The Bertz CT molecular complexity index is 687. The summed E-state index contributed by atoms with van der Waals surface area (Å²) in [5.74, 6) is 0. The van der Waals surface area contributed by atoms with Gasteiger partial charge in [-0.1, -0.05) is 17.7 Å². The molecule has 3 aromatic heterocycles. The fourth-order valence-electron chi connectivity index (χ4n) is 2.24. The highest BCUT2D eigenvalue weighted by atomic mass is 35.5. The molecule has 0 amide bonds. The van der Waals surface area contributed by atoms with E-state index >= 15 is 0 Å². The van der Waals surface area contributed by atoms with Gasteiger partial charge in [0, 0.05) is 29.5 Å². The number of thiophene rings is 2. The molecule has 6 heteroatoms. The van der Waals surface area contributed by atoms with Crippen LogP contribution in [0, 0.1) is 0 Å². The van der Waals surface area contributed by atoms with Gasteiger partial charge in [-0.2, -0.15) is 5.10 Å². The van der Waals surface area contributed by atoms with Crippen molar-refractivity contribution in [2.24, 2.45) is 7.05 Å². The smallest absolute Gasteiger partial charge is 0.0931 e. The first-order chi connectivity index (χ1) is 10.2. The molecule has 0 spiro atoms. The highest BCUT2D eigenvalue weighted by molar-refractivity contribution is 7.16. The summed E-state index contributed by atoms with van der Waals surface area (Å²) < 4.78 is 2.67. The summed E-state index contributed by atoms with van der Waals surface area (Å²) in [6.07, 6.45) is 4.95. The van der Waals surface area contributed by atoms with Crippen molar-refractivity contribution >= 4 is 34.3 Å². The van der Waals surface area contributed by atoms with Crippen LogP contribution >= 0.6 is 34.3 Å². The third-order valence-corrected chi connectivity index (χ3v) is 5.46. The van der Waals surface area contributed by atoms with Gasteiger partial charge in [0.25, 0.3) is 0 Å². The van der Waals surface area contributed by atoms with Crippen molar-refractivity contribution in [1.82, 2.24) is 15.1 Å². The van der Waals surface area contributed by atoms with Gasteiger partial charge in [-0.3, -0.25) is 4.68 Å². The predicted molar refractivity (Wildman–Crippen MR) is 90.4 cm³/mol. The fraction of sp³-hybridized carbons (Fsp3) is 0.267. The second kappa shape index (κ2) is 6.75. The van der Waals surface area contributed by atoms with Gasteiger partial charge in [0.1, 0.15) is 0 Å². The third-order valence-electron chi connectivity index (χ3n) is 3.23. The summed E-state index contributed by atoms with van der Waals surface area (Å²) in [7, 11) is 1.94. The number of nitrogens with zero attached hydrogens (tertiary/aromatic N) is 2. The topological polar surface area (TPSA) is 29.9 Å². The van der Waals surface area contributed by atoms with Crippen LogP contribution in [0.5, 0.6) is 0 Å². The number of halogens is 1. The molecule has 0 saturated heterocycles. The lowest BCUT2D eigenvalue weighted by atomic mass is 10.2. The highest BCUT2D eigenvalue weighted by Gasteiger charge is 2.16. The average Bonchev–Trinajstić information content (AvgIpc) is 3.17. The van der Waals surface area contributed by atoms with Gasteiger partial charge < -0.3 is 5.32 Å². The lowest BCUT2D eigenvalue weighted by molar-refractivity contribution is 0.621. The molecule has 3 aromatic rings. The molecule has 0 aliphatic heterocycles. The molecule has 3 heterocycles. The first-order valence-corrected chi connectivity index (χ1v) is 8.79. The van der Waals surface area contributed by atoms with E-state index < -0.39 is 0 Å². The molecule has 0 bridgehead atoms. The van der Waals surface area contributed by atoms with Crippen LogP contribution in [-0.2, 0) is 13.5 Å². The van der Waals surface area contributed by atoms with Gasteiger partial charge in [0.15, 0.2) is 0 Å². The van der Waals surface area contributed by atoms with Crippen LogP contribution in [0.4, 0.5) is 0 Å². The zero-order chi connectivity index (χ0) is 14.7. The van der Waals surface area contributed by atoms with E-state index in [1.165, 1.54) is 15.3 Å². The molecule has 3 nitrogen and oxygen atoms in total. The van der Waals surface area contributed by atoms with Crippen LogP contribution in [0.1, 0.15) is 21.4 Å². The van der Waals surface area contributed by atoms with Crippen molar-refractivity contribution in [3.63, 3.8) is 0 Å². The lowest BCUT2D eigenvalue weighted by Crippen LogP contribution is -2.23. The molecule has 3 rings (SSSR count). The van der Waals surface area contributed by atoms with Crippen molar-refractivity contribution in [3.8, 4) is 0 Å². The van der Waals surface area contributed by atoms with E-state index in [4.69, 9.17) is 11.6 Å². The third kappa shape index (κ3) is 3.74. The molecule has 0 aliphatic carbocycles. The number of hydrogen-bond donors (Lipinski definition) is 1. The first-order valence-electron chi connectivity index (χ1n) is 6.72. The van der Waals surface area contributed by atoms with Crippen molar-refractivity contribution in [1.29, 1.82) is 0 Å². The Morgan fingerprint density at radius 1 is 1.33 bits per heavy atom. The standard InChI is InChI=1S/C15H16ClN3S2/c1-19-10-11(9-18-19)6-7-17-15(12-3-2-8-20-12)13-4-5-14(16)21-13/h2-5,8-10,15,17H,6-7H2,1H3. The van der Waals surface area contributed by atoms with Crippen LogP contribution in [0.2, 0.25) is 4.34 Å². The second-order valence-electron chi connectivity index (χ2n) is 4.82. The van der Waals surface area contributed by atoms with Crippen LogP contribution in [0.3, 0.4) is 0 Å². The fourth-order valence-corrected chi connectivity index (χ4v) is 4.29. The van der Waals surface area contributed by atoms with Crippen LogP contribution in [-0.4, -0.2) is 16.3 Å². The minimum Gasteiger partial charge on any atom is -0.305 e. The van der Waals surface area contributed by atoms with E-state index in [1.54, 1.807) is 22.7 Å². The molecule has 1 N–H and O–H groups in total. The Hall–Kier alpha value is -1.14. The van der Waals surface area contributed by atoms with Gasteiger partial charge in [0.2, 0.25) is 0 Å². The summed E-state index contributed by atoms with van der Waals surface area (Å²) >= 11 is 9.49. The maximum Gasteiger partial charge on any atom is 0.0931 e. The molecular weight excluding hydrogens is 322 g/mol. The highest BCUT2D eigenvalue weighted by Crippen LogP contribution is 2.32. The van der Waals surface area contributed by atoms with Gasteiger partial charge in [0.05, 0.1) is 16.6 Å². The summed E-state index contributed by atoms with van der Waals surface area (Å²) in [5.41, 5.74) is 1.25. The zero-order valence-electron chi connectivity index (χ0n) is 11.6. The number of nitrogens with one attached hydrogen (secondary N) is 1. The van der Waals surface area contributed by atoms with E-state index in [0.717, 1.165) is 17.3 Å². The number of hydrogen-bond acceptors (Lipinski definition) is 4. The van der Waals surface area contributed by atoms with E-state index in [0.29, 0.717) is 0 Å². The van der Waals surface area contributed by atoms with Gasteiger partial charge >= 0.3 is 0 Å². The van der Waals surface area contributed by atoms with Gasteiger partial charge in [-0.05, 0) is 35.6 Å². The molecule has 0 saturated carbocycles. The Morgan fingerprint density at radius 2 is 2.24 bits per heavy atom. The van der Waals surface area contributed by atoms with E-state index in [2.05, 4.69) is 40.2 Å². The minimum absolute atomic E-state index is 0.221. The lowest BCUT2D eigenvalue weighted by Gasteiger charge is -2.15. The van der Waals surface area contributed by atoms with Crippen molar-refractivity contribution < 1.29 is 0 Å². The Kier molecular flexibility index (Phi) is 4.75. The largest absolute Gasteiger partial charge is 0.305 e. The van der Waals surface area contributed by atoms with E-state index in [1.807, 2.05) is 24.0 Å². The summed E-state index contributed by atoms with van der Waals surface area (Å²) in [6.45, 7) is 0.907. The maximum atomic E-state index is 6.08. The van der Waals surface area contributed by atoms with E-state index in [-0.39, 0.29) is 6.04 Å². The zero-order valence-corrected chi connectivity index (χ0v) is 14.0. The molecule has 1 atom stereocenters. The monoisotopic (exact) mass is 337 g/mol. The molecule has 0 fully saturated rings. The van der Waals surface area contributed by atoms with Crippen molar-refractivity contribution in [2.75, 3.05) is 6.54 Å². The second-order valence-corrected chi connectivity index (χ2v) is 7.54. The van der Waals surface area contributed by atoms with E-state index in [9.17, 15) is 0 Å². The SMILES string of the molecule is Cn1cc(CCNC(c2cccs2)c2ccc(Cl)s2)cn1. The molecular formula is C15H16ClN3S2. The van der Waals surface area contributed by atoms with Gasteiger partial charge in [-0.25, -0.2) is 0 Å². The van der Waals surface area contributed by atoms with Crippen LogP contribution in [0.25, 0.3) is 0 Å². The van der Waals surface area contributed by atoms with Crippen molar-refractivity contribution in [3.05, 3.63) is 61.7 Å². The molecule has 0 radical (unpaired) electrons. The number of aryl methyl sites for hydroxylation is 1. The Morgan fingerprint density at radius 3 is 2.86 bits per heavy atom. The molecule has 21 heavy (non-hydrogen) atoms. The molecule has 1 unspecified atom stereocenters. The predicted octanol–water partition coefficient (Wildman–Crippen LogP) is 4.12.